The standard InChI is InChI=1S/C6H11F2NO.C5H7BrN4O/c7-6(8)10-4-5-2-1-3-9-5;1-10-4(7)2(5(8)11)3(6)9-10/h5-6,9H,1-4H2;7H2,1H3,(H2,8,11). The number of hydrogen-bond acceptors (Lipinski definition) is 5. The molecule has 1 aromatic heterocycles. The van der Waals surface area contributed by atoms with Crippen LogP contribution in [0.25, 0.3) is 0 Å². The van der Waals surface area contributed by atoms with E-state index in [-0.39, 0.29) is 24.0 Å². The third-order valence-corrected chi connectivity index (χ3v) is 3.44. The van der Waals surface area contributed by atoms with Crippen LogP contribution in [0.4, 0.5) is 14.6 Å². The number of nitrogen functional groups attached to an aromatic ring is 1. The Labute approximate surface area is 129 Å². The molecule has 1 aromatic rings. The van der Waals surface area contributed by atoms with Crippen molar-refractivity contribution < 1.29 is 18.3 Å². The molecule has 10 heteroatoms. The molecule has 0 aliphatic carbocycles. The van der Waals surface area contributed by atoms with Gasteiger partial charge in [0.05, 0.1) is 6.61 Å². The molecule has 2 rings (SSSR count). The molecule has 0 aromatic carbocycles. The smallest absolute Gasteiger partial charge is 0.345 e. The Hall–Kier alpha value is -1.26. The quantitative estimate of drug-likeness (QED) is 0.728. The van der Waals surface area contributed by atoms with Crippen molar-refractivity contribution in [3.05, 3.63) is 10.2 Å². The van der Waals surface area contributed by atoms with Crippen LogP contribution in [0, 0.1) is 0 Å². The van der Waals surface area contributed by atoms with Gasteiger partial charge in [-0.1, -0.05) is 0 Å². The lowest BCUT2D eigenvalue weighted by Gasteiger charge is -2.08. The van der Waals surface area contributed by atoms with Gasteiger partial charge in [0, 0.05) is 13.1 Å². The Morgan fingerprint density at radius 3 is 2.67 bits per heavy atom. The summed E-state index contributed by atoms with van der Waals surface area (Å²) in [5.74, 6) is -0.313. The molecule has 120 valence electrons. The number of alkyl halides is 2. The number of nitrogens with two attached hydrogens (primary N) is 2. The van der Waals surface area contributed by atoms with E-state index in [9.17, 15) is 13.6 Å². The van der Waals surface area contributed by atoms with Gasteiger partial charge in [-0.3, -0.25) is 9.48 Å². The molecule has 0 spiro atoms. The van der Waals surface area contributed by atoms with Gasteiger partial charge in [-0.05, 0) is 35.3 Å². The van der Waals surface area contributed by atoms with Gasteiger partial charge in [-0.25, -0.2) is 0 Å². The summed E-state index contributed by atoms with van der Waals surface area (Å²) in [6.45, 7) is -1.56. The molecule has 1 aliphatic heterocycles. The van der Waals surface area contributed by atoms with E-state index < -0.39 is 12.5 Å². The first-order valence-electron chi connectivity index (χ1n) is 6.23. The number of nitrogens with zero attached hydrogens (tertiary/aromatic N) is 2. The number of primary amides is 1. The maximum atomic E-state index is 11.4. The number of amides is 1. The fraction of sp³-hybridized carbons (Fsp3) is 0.636. The average Bonchev–Trinajstić information content (AvgIpc) is 2.97. The van der Waals surface area contributed by atoms with Crippen LogP contribution in [0.5, 0.6) is 0 Å². The summed E-state index contributed by atoms with van der Waals surface area (Å²) in [6, 6.07) is 0.147. The number of aryl methyl sites for hydroxylation is 1. The number of anilines is 1. The topological polar surface area (TPSA) is 108 Å². The lowest BCUT2D eigenvalue weighted by Crippen LogP contribution is -2.27. The highest BCUT2D eigenvalue weighted by Crippen LogP contribution is 2.19. The van der Waals surface area contributed by atoms with Gasteiger partial charge in [0.25, 0.3) is 5.91 Å². The first-order valence-corrected chi connectivity index (χ1v) is 7.03. The van der Waals surface area contributed by atoms with Crippen molar-refractivity contribution in [1.82, 2.24) is 15.1 Å². The largest absolute Gasteiger partial charge is 0.383 e. The first-order chi connectivity index (χ1) is 9.82. The minimum absolute atomic E-state index is 0.137. The number of hydrogen-bond donors (Lipinski definition) is 3. The van der Waals surface area contributed by atoms with Gasteiger partial charge >= 0.3 is 6.61 Å². The summed E-state index contributed by atoms with van der Waals surface area (Å²) in [4.78, 5) is 10.7. The molecular weight excluding hydrogens is 352 g/mol. The van der Waals surface area contributed by atoms with Crippen molar-refractivity contribution >= 4 is 27.7 Å². The van der Waals surface area contributed by atoms with Crippen molar-refractivity contribution in [3.63, 3.8) is 0 Å². The van der Waals surface area contributed by atoms with E-state index in [2.05, 4.69) is 31.1 Å². The number of carbonyl (C=O) groups is 1. The van der Waals surface area contributed by atoms with Crippen LogP contribution >= 0.6 is 15.9 Å². The fourth-order valence-electron chi connectivity index (χ4n) is 1.82. The average molecular weight is 370 g/mol. The van der Waals surface area contributed by atoms with Crippen LogP contribution < -0.4 is 16.8 Å². The number of carbonyl (C=O) groups excluding carboxylic acids is 1. The number of nitrogens with one attached hydrogen (secondary N) is 1. The molecule has 1 amide bonds. The Balaban J connectivity index is 0.000000211. The molecule has 2 heterocycles. The van der Waals surface area contributed by atoms with Gasteiger partial charge in [0.15, 0.2) is 0 Å². The molecule has 21 heavy (non-hydrogen) atoms. The fourth-order valence-corrected chi connectivity index (χ4v) is 2.46. The predicted octanol–water partition coefficient (Wildman–Crippen LogP) is 0.841. The lowest BCUT2D eigenvalue weighted by molar-refractivity contribution is -0.132. The van der Waals surface area contributed by atoms with Crippen LogP contribution in [0.15, 0.2) is 4.60 Å². The molecule has 0 bridgehead atoms. The monoisotopic (exact) mass is 369 g/mol. The van der Waals surface area contributed by atoms with Crippen molar-refractivity contribution in [1.29, 1.82) is 0 Å². The van der Waals surface area contributed by atoms with Crippen LogP contribution in [0.1, 0.15) is 23.2 Å². The molecule has 1 unspecified atom stereocenters. The van der Waals surface area contributed by atoms with Crippen LogP contribution in [-0.4, -0.2) is 41.5 Å². The van der Waals surface area contributed by atoms with Crippen molar-refractivity contribution in [3.8, 4) is 0 Å². The highest BCUT2D eigenvalue weighted by molar-refractivity contribution is 9.10. The van der Waals surface area contributed by atoms with E-state index in [1.54, 1.807) is 7.05 Å². The number of ether oxygens (including phenoxy) is 1. The number of halogens is 3. The second-order valence-electron chi connectivity index (χ2n) is 4.43. The zero-order chi connectivity index (χ0) is 16.0. The third-order valence-electron chi connectivity index (χ3n) is 2.88. The Kier molecular flexibility index (Phi) is 6.99. The highest BCUT2D eigenvalue weighted by Gasteiger charge is 2.16. The molecule has 7 nitrogen and oxygen atoms in total. The predicted molar refractivity (Wildman–Crippen MR) is 76.8 cm³/mol. The molecule has 1 aliphatic rings. The summed E-state index contributed by atoms with van der Waals surface area (Å²) >= 11 is 3.06. The van der Waals surface area contributed by atoms with Gasteiger partial charge in [0.1, 0.15) is 16.0 Å². The molecule has 1 fully saturated rings. The maximum Gasteiger partial charge on any atom is 0.345 e. The maximum absolute atomic E-state index is 11.4. The Morgan fingerprint density at radius 2 is 2.33 bits per heavy atom. The van der Waals surface area contributed by atoms with Crippen LogP contribution in [0.3, 0.4) is 0 Å². The molecule has 1 atom stereocenters. The summed E-state index contributed by atoms with van der Waals surface area (Å²) < 4.78 is 28.8. The van der Waals surface area contributed by atoms with E-state index in [1.807, 2.05) is 0 Å². The van der Waals surface area contributed by atoms with Gasteiger partial charge in [-0.15, -0.1) is 0 Å². The van der Waals surface area contributed by atoms with E-state index in [0.717, 1.165) is 19.4 Å². The normalized spacial score (nSPS) is 17.7. The van der Waals surface area contributed by atoms with Gasteiger partial charge in [-0.2, -0.15) is 13.9 Å². The minimum Gasteiger partial charge on any atom is -0.383 e. The van der Waals surface area contributed by atoms with Crippen molar-refractivity contribution in [2.75, 3.05) is 18.9 Å². The molecular formula is C11H18BrF2N5O2. The summed E-state index contributed by atoms with van der Waals surface area (Å²) in [5, 5.41) is 6.89. The van der Waals surface area contributed by atoms with Crippen molar-refractivity contribution in [2.45, 2.75) is 25.5 Å². The zero-order valence-corrected chi connectivity index (χ0v) is 13.1. The Morgan fingerprint density at radius 1 is 1.67 bits per heavy atom. The lowest BCUT2D eigenvalue weighted by atomic mass is 10.2. The highest BCUT2D eigenvalue weighted by atomic mass is 79.9. The number of aromatic nitrogens is 2. The summed E-state index contributed by atoms with van der Waals surface area (Å²) in [6.07, 6.45) is 2.02. The minimum atomic E-state index is -2.62. The molecule has 0 radical (unpaired) electrons. The van der Waals surface area contributed by atoms with Gasteiger partial charge in [0.2, 0.25) is 0 Å². The first kappa shape index (κ1) is 17.8. The van der Waals surface area contributed by atoms with Gasteiger partial charge < -0.3 is 21.5 Å². The third kappa shape index (κ3) is 5.56. The second-order valence-corrected chi connectivity index (χ2v) is 5.18. The van der Waals surface area contributed by atoms with Crippen LogP contribution in [-0.2, 0) is 11.8 Å². The zero-order valence-electron chi connectivity index (χ0n) is 11.5. The second kappa shape index (κ2) is 8.25. The van der Waals surface area contributed by atoms with E-state index in [1.165, 1.54) is 4.68 Å². The molecule has 5 N–H and O–H groups in total. The van der Waals surface area contributed by atoms with E-state index in [4.69, 9.17) is 11.5 Å². The van der Waals surface area contributed by atoms with E-state index >= 15 is 0 Å². The van der Waals surface area contributed by atoms with Crippen LogP contribution in [0.2, 0.25) is 0 Å². The SMILES string of the molecule is Cn1nc(Br)c(C(N)=O)c1N.FC(F)OCC1CCCN1. The molecule has 0 saturated carbocycles. The molecule has 1 saturated heterocycles. The Bertz CT molecular complexity index is 477. The summed E-state index contributed by atoms with van der Waals surface area (Å²) in [7, 11) is 1.63. The van der Waals surface area contributed by atoms with E-state index in [0.29, 0.717) is 4.60 Å². The number of rotatable bonds is 4. The summed E-state index contributed by atoms with van der Waals surface area (Å²) in [5.41, 5.74) is 10.7. The van der Waals surface area contributed by atoms with Crippen molar-refractivity contribution in [2.24, 2.45) is 12.8 Å².